The Bertz CT molecular complexity index is 1150. The fraction of sp³-hybridized carbons (Fsp3) is 0.409. The van der Waals surface area contributed by atoms with E-state index in [2.05, 4.69) is 0 Å². The summed E-state index contributed by atoms with van der Waals surface area (Å²) in [6.07, 6.45) is 1.48. The van der Waals surface area contributed by atoms with Crippen LogP contribution >= 0.6 is 0 Å². The van der Waals surface area contributed by atoms with Crippen molar-refractivity contribution in [2.24, 2.45) is 0 Å². The van der Waals surface area contributed by atoms with Gasteiger partial charge < -0.3 is 14.2 Å². The molecule has 1 aliphatic rings. The molecular weight excluding hydrogens is 482 g/mol. The van der Waals surface area contributed by atoms with Gasteiger partial charge in [-0.15, -0.1) is 0 Å². The number of sulfonamides is 1. The van der Waals surface area contributed by atoms with E-state index in [0.29, 0.717) is 12.8 Å². The Hall–Kier alpha value is -2.86. The molecule has 2 aromatic carbocycles. The van der Waals surface area contributed by atoms with E-state index in [1.54, 1.807) is 11.8 Å². The fourth-order valence-electron chi connectivity index (χ4n) is 3.36. The first-order valence-electron chi connectivity index (χ1n) is 10.3. The molecule has 7 nitrogen and oxygen atoms in total. The molecule has 0 radical (unpaired) electrons. The Kier molecular flexibility index (Phi) is 8.03. The summed E-state index contributed by atoms with van der Waals surface area (Å²) in [6.45, 7) is -0.291. The van der Waals surface area contributed by atoms with Gasteiger partial charge in [0.05, 0.1) is 19.0 Å². The van der Waals surface area contributed by atoms with Crippen LogP contribution in [0.3, 0.4) is 0 Å². The number of hydrogen-bond donors (Lipinski definition) is 1. The highest BCUT2D eigenvalue weighted by molar-refractivity contribution is 7.89. The van der Waals surface area contributed by atoms with E-state index in [9.17, 15) is 30.8 Å². The number of rotatable bonds is 10. The third kappa shape index (κ3) is 6.60. The van der Waals surface area contributed by atoms with E-state index < -0.39 is 44.9 Å². The van der Waals surface area contributed by atoms with E-state index in [-0.39, 0.29) is 48.5 Å². The second-order valence-electron chi connectivity index (χ2n) is 7.85. The van der Waals surface area contributed by atoms with Crippen LogP contribution in [0.2, 0.25) is 0 Å². The van der Waals surface area contributed by atoms with Gasteiger partial charge in [-0.25, -0.2) is 26.0 Å². The molecule has 0 bridgehead atoms. The van der Waals surface area contributed by atoms with Gasteiger partial charge in [0.15, 0.2) is 29.0 Å². The quantitative estimate of drug-likeness (QED) is 0.391. The van der Waals surface area contributed by atoms with Crippen molar-refractivity contribution < 1.29 is 45.0 Å². The molecule has 0 saturated heterocycles. The van der Waals surface area contributed by atoms with Crippen molar-refractivity contribution in [3.8, 4) is 22.6 Å². The van der Waals surface area contributed by atoms with Crippen LogP contribution in [-0.2, 0) is 19.6 Å². The topological polar surface area (TPSA) is 90.9 Å². The monoisotopic (exact) mass is 505 g/mol. The maximum Gasteiger partial charge on any atom is 0.233 e. The zero-order valence-electron chi connectivity index (χ0n) is 18.4. The number of methoxy groups -OCH3 is 1. The van der Waals surface area contributed by atoms with E-state index >= 15 is 0 Å². The van der Waals surface area contributed by atoms with Gasteiger partial charge in [-0.2, -0.15) is 0 Å². The van der Waals surface area contributed by atoms with Crippen molar-refractivity contribution in [3.05, 3.63) is 47.5 Å². The lowest BCUT2D eigenvalue weighted by atomic mass is 9.92. The normalized spacial score (nSPS) is 17.7. The van der Waals surface area contributed by atoms with Crippen LogP contribution in [0, 0.1) is 23.3 Å². The van der Waals surface area contributed by atoms with Crippen LogP contribution < -0.4 is 14.2 Å². The number of nitrogens with one attached hydrogen (secondary N) is 1. The van der Waals surface area contributed by atoms with Crippen LogP contribution in [0.5, 0.6) is 11.5 Å². The van der Waals surface area contributed by atoms with Gasteiger partial charge in [0, 0.05) is 38.0 Å². The van der Waals surface area contributed by atoms with Crippen molar-refractivity contribution in [2.75, 3.05) is 20.0 Å². The Morgan fingerprint density at radius 1 is 1.03 bits per heavy atom. The number of hydrogen-bond acceptors (Lipinski definition) is 6. The Labute approximate surface area is 194 Å². The van der Waals surface area contributed by atoms with Gasteiger partial charge >= 0.3 is 0 Å². The van der Waals surface area contributed by atoms with E-state index in [1.165, 1.54) is 0 Å². The highest BCUT2D eigenvalue weighted by atomic mass is 32.2. The number of benzene rings is 2. The second-order valence-corrected chi connectivity index (χ2v) is 9.60. The molecule has 186 valence electrons. The molecule has 0 aromatic heterocycles. The van der Waals surface area contributed by atoms with Crippen LogP contribution in [0.4, 0.5) is 17.6 Å². The number of carbonyl (C=O) groups excluding carboxylic acids is 1. The van der Waals surface area contributed by atoms with Crippen molar-refractivity contribution in [1.29, 1.82) is 0 Å². The average Bonchev–Trinajstić information content (AvgIpc) is 2.70. The molecule has 1 fully saturated rings. The third-order valence-electron chi connectivity index (χ3n) is 5.09. The van der Waals surface area contributed by atoms with Crippen LogP contribution in [0.25, 0.3) is 11.1 Å². The molecule has 0 aliphatic heterocycles. The third-order valence-corrected chi connectivity index (χ3v) is 5.69. The maximum absolute atomic E-state index is 14.5. The fourth-order valence-corrected chi connectivity index (χ4v) is 3.87. The highest BCUT2D eigenvalue weighted by Crippen LogP contribution is 2.35. The first-order chi connectivity index (χ1) is 16.0. The molecule has 0 heterocycles. The highest BCUT2D eigenvalue weighted by Gasteiger charge is 2.31. The van der Waals surface area contributed by atoms with Crippen LogP contribution in [0.1, 0.15) is 25.7 Å². The largest absolute Gasteiger partial charge is 0.490 e. The smallest absolute Gasteiger partial charge is 0.233 e. The number of carbonyl (C=O) groups is 1. The van der Waals surface area contributed by atoms with Crippen molar-refractivity contribution in [1.82, 2.24) is 4.72 Å². The molecule has 1 aliphatic carbocycles. The van der Waals surface area contributed by atoms with E-state index in [4.69, 9.17) is 14.2 Å². The van der Waals surface area contributed by atoms with Gasteiger partial charge in [0.25, 0.3) is 0 Å². The van der Waals surface area contributed by atoms with Crippen molar-refractivity contribution >= 4 is 15.9 Å². The maximum atomic E-state index is 14.5. The molecule has 1 N–H and O–H groups in total. The molecular formula is C22H23F4NO6S. The second kappa shape index (κ2) is 10.6. The summed E-state index contributed by atoms with van der Waals surface area (Å²) in [5.41, 5.74) is -0.653. The molecule has 0 spiro atoms. The Morgan fingerprint density at radius 2 is 1.68 bits per heavy atom. The molecule has 1 saturated carbocycles. The lowest BCUT2D eigenvalue weighted by Crippen LogP contribution is -2.38. The number of amides is 1. The summed E-state index contributed by atoms with van der Waals surface area (Å²) in [5, 5.41) is 0. The molecule has 2 aromatic rings. The minimum atomic E-state index is -3.71. The Morgan fingerprint density at radius 3 is 2.26 bits per heavy atom. The Balaban J connectivity index is 1.69. The summed E-state index contributed by atoms with van der Waals surface area (Å²) in [6, 6.07) is 3.61. The summed E-state index contributed by atoms with van der Waals surface area (Å²) >= 11 is 0. The van der Waals surface area contributed by atoms with Gasteiger partial charge in [-0.05, 0) is 30.2 Å². The lowest BCUT2D eigenvalue weighted by Gasteiger charge is -2.34. The number of ether oxygens (including phenoxy) is 3. The lowest BCUT2D eigenvalue weighted by molar-refractivity contribution is -0.119. The number of halogens is 4. The van der Waals surface area contributed by atoms with Gasteiger partial charge in [0.2, 0.25) is 15.9 Å². The van der Waals surface area contributed by atoms with Gasteiger partial charge in [-0.1, -0.05) is 0 Å². The van der Waals surface area contributed by atoms with Crippen molar-refractivity contribution in [2.45, 2.75) is 37.9 Å². The van der Waals surface area contributed by atoms with Crippen LogP contribution in [-0.4, -0.2) is 46.5 Å². The summed E-state index contributed by atoms with van der Waals surface area (Å²) < 4.78 is 97.0. The minimum absolute atomic E-state index is 0.0157. The predicted octanol–water partition coefficient (Wildman–Crippen LogP) is 3.70. The first kappa shape index (κ1) is 25.8. The molecule has 12 heteroatoms. The van der Waals surface area contributed by atoms with Crippen LogP contribution in [0.15, 0.2) is 24.3 Å². The van der Waals surface area contributed by atoms with E-state index in [0.717, 1.165) is 30.5 Å². The zero-order chi connectivity index (χ0) is 25.0. The van der Waals surface area contributed by atoms with Gasteiger partial charge in [-0.3, -0.25) is 9.52 Å². The van der Waals surface area contributed by atoms with E-state index in [1.807, 2.05) is 0 Å². The molecule has 0 unspecified atom stereocenters. The molecule has 3 rings (SSSR count). The summed E-state index contributed by atoms with van der Waals surface area (Å²) in [4.78, 5) is 11.4. The molecule has 1 amide bonds. The first-order valence-corrected chi connectivity index (χ1v) is 12.2. The predicted molar refractivity (Wildman–Crippen MR) is 114 cm³/mol. The van der Waals surface area contributed by atoms with Crippen molar-refractivity contribution in [3.63, 3.8) is 0 Å². The average molecular weight is 505 g/mol. The standard InChI is InChI=1S/C22H23F4NO6S/c1-31-13-8-14(9-13)33-15-10-16(21(26)17(23)11-15)12-6-18(24)22(19(25)7-12)32-5-3-4-20(28)27-34(2,29)30/h6-7,10-11,13-14H,3-5,8-9H2,1-2H3,(H,27,28). The molecule has 34 heavy (non-hydrogen) atoms. The molecule has 0 atom stereocenters. The van der Waals surface area contributed by atoms with Gasteiger partial charge in [0.1, 0.15) is 11.9 Å². The minimum Gasteiger partial charge on any atom is -0.490 e. The summed E-state index contributed by atoms with van der Waals surface area (Å²) in [7, 11) is -2.15. The SMILES string of the molecule is COC1CC(Oc2cc(F)c(F)c(-c3cc(F)c(OCCCC(=O)NS(C)(=O)=O)c(F)c3)c2)C1. The summed E-state index contributed by atoms with van der Waals surface area (Å²) in [5.74, 6) is -6.39. The zero-order valence-corrected chi connectivity index (χ0v) is 19.2.